The highest BCUT2D eigenvalue weighted by Crippen LogP contribution is 2.29. The van der Waals surface area contributed by atoms with Crippen LogP contribution in [-0.2, 0) is 19.5 Å². The summed E-state index contributed by atoms with van der Waals surface area (Å²) in [5.74, 6) is 0.630. The number of fused-ring (bicyclic) bond motifs is 2. The van der Waals surface area contributed by atoms with Crippen molar-refractivity contribution in [3.63, 3.8) is 0 Å². The van der Waals surface area contributed by atoms with Crippen LogP contribution in [0.25, 0.3) is 10.2 Å². The van der Waals surface area contributed by atoms with E-state index in [-0.39, 0.29) is 17.3 Å². The average Bonchev–Trinajstić information content (AvgIpc) is 2.99. The minimum absolute atomic E-state index is 0.00118. The van der Waals surface area contributed by atoms with Gasteiger partial charge in [-0.05, 0) is 49.4 Å². The molecule has 1 amide bonds. The molecule has 0 spiro atoms. The SMILES string of the molecule is Cc1c(C(=O)N2CCCN(Cc3ccc(F)cc3)CC2)sc2nc3n(c(=O)c12)CCCCC3. The predicted octanol–water partition coefficient (Wildman–Crippen LogP) is 3.98. The van der Waals surface area contributed by atoms with Crippen LogP contribution >= 0.6 is 11.3 Å². The second-order valence-electron chi connectivity index (χ2n) is 9.08. The zero-order valence-electron chi connectivity index (χ0n) is 19.0. The van der Waals surface area contributed by atoms with Gasteiger partial charge in [0.2, 0.25) is 0 Å². The number of hydrogen-bond acceptors (Lipinski definition) is 5. The van der Waals surface area contributed by atoms with Gasteiger partial charge < -0.3 is 4.90 Å². The largest absolute Gasteiger partial charge is 0.337 e. The molecule has 4 heterocycles. The second-order valence-corrected chi connectivity index (χ2v) is 10.1. The Morgan fingerprint density at radius 2 is 1.85 bits per heavy atom. The number of aryl methyl sites for hydroxylation is 2. The summed E-state index contributed by atoms with van der Waals surface area (Å²) in [5.41, 5.74) is 1.85. The Bertz CT molecular complexity index is 1230. The molecule has 8 heteroatoms. The normalized spacial score (nSPS) is 17.6. The minimum Gasteiger partial charge on any atom is -0.337 e. The number of halogens is 1. The first-order valence-electron chi connectivity index (χ1n) is 11.8. The van der Waals surface area contributed by atoms with Gasteiger partial charge in [-0.2, -0.15) is 0 Å². The van der Waals surface area contributed by atoms with E-state index in [1.165, 1.54) is 23.5 Å². The molecule has 0 unspecified atom stereocenters. The zero-order valence-corrected chi connectivity index (χ0v) is 19.8. The maximum Gasteiger partial charge on any atom is 0.264 e. The number of nitrogens with zero attached hydrogens (tertiary/aromatic N) is 4. The standard InChI is InChI=1S/C25H29FN4O2S/c1-17-21-23(27-20-6-3-2-4-13-30(20)24(21)31)33-22(17)25(32)29-12-5-11-28(14-15-29)16-18-7-9-19(26)10-8-18/h7-10H,2-6,11-16H2,1H3. The van der Waals surface area contributed by atoms with Gasteiger partial charge in [-0.1, -0.05) is 18.6 Å². The Kier molecular flexibility index (Phi) is 6.29. The van der Waals surface area contributed by atoms with Crippen molar-refractivity contribution in [2.75, 3.05) is 26.2 Å². The third-order valence-corrected chi connectivity index (χ3v) is 7.97. The molecule has 1 saturated heterocycles. The van der Waals surface area contributed by atoms with Crippen molar-refractivity contribution in [2.24, 2.45) is 0 Å². The molecule has 0 N–H and O–H groups in total. The molecule has 1 fully saturated rings. The lowest BCUT2D eigenvalue weighted by Crippen LogP contribution is -2.35. The van der Waals surface area contributed by atoms with Crippen molar-refractivity contribution in [3.05, 3.63) is 62.3 Å². The summed E-state index contributed by atoms with van der Waals surface area (Å²) in [6, 6.07) is 6.61. The molecule has 0 atom stereocenters. The lowest BCUT2D eigenvalue weighted by Gasteiger charge is -2.22. The fraction of sp³-hybridized carbons (Fsp3) is 0.480. The Morgan fingerprint density at radius 3 is 2.67 bits per heavy atom. The fourth-order valence-corrected chi connectivity index (χ4v) is 6.10. The molecular weight excluding hydrogens is 439 g/mol. The highest BCUT2D eigenvalue weighted by atomic mass is 32.1. The van der Waals surface area contributed by atoms with Crippen molar-refractivity contribution >= 4 is 27.5 Å². The van der Waals surface area contributed by atoms with Crippen LogP contribution in [0.4, 0.5) is 4.39 Å². The Balaban J connectivity index is 1.35. The first kappa shape index (κ1) is 22.2. The predicted molar refractivity (Wildman–Crippen MR) is 128 cm³/mol. The fourth-order valence-electron chi connectivity index (χ4n) is 4.94. The van der Waals surface area contributed by atoms with E-state index in [1.807, 2.05) is 28.5 Å². The van der Waals surface area contributed by atoms with Crippen molar-refractivity contribution < 1.29 is 9.18 Å². The number of rotatable bonds is 3. The maximum absolute atomic E-state index is 13.5. The summed E-state index contributed by atoms with van der Waals surface area (Å²) >= 11 is 1.37. The number of aromatic nitrogens is 2. The molecular formula is C25H29FN4O2S. The van der Waals surface area contributed by atoms with Crippen LogP contribution in [0.15, 0.2) is 29.1 Å². The van der Waals surface area contributed by atoms with E-state index >= 15 is 0 Å². The van der Waals surface area contributed by atoms with Gasteiger partial charge in [-0.3, -0.25) is 19.1 Å². The molecule has 2 aliphatic rings. The molecule has 0 radical (unpaired) electrons. The number of hydrogen-bond donors (Lipinski definition) is 0. The summed E-state index contributed by atoms with van der Waals surface area (Å²) in [7, 11) is 0. The van der Waals surface area contributed by atoms with Gasteiger partial charge in [-0.15, -0.1) is 11.3 Å². The van der Waals surface area contributed by atoms with Gasteiger partial charge in [-0.25, -0.2) is 9.37 Å². The number of amides is 1. The highest BCUT2D eigenvalue weighted by molar-refractivity contribution is 7.20. The van der Waals surface area contributed by atoms with Crippen molar-refractivity contribution in [1.82, 2.24) is 19.4 Å². The molecule has 0 bridgehead atoms. The molecule has 33 heavy (non-hydrogen) atoms. The van der Waals surface area contributed by atoms with E-state index in [1.54, 1.807) is 0 Å². The van der Waals surface area contributed by atoms with Crippen LogP contribution < -0.4 is 5.56 Å². The van der Waals surface area contributed by atoms with Crippen LogP contribution in [0.3, 0.4) is 0 Å². The quantitative estimate of drug-likeness (QED) is 0.584. The van der Waals surface area contributed by atoms with E-state index < -0.39 is 0 Å². The van der Waals surface area contributed by atoms with Gasteiger partial charge in [0.05, 0.1) is 10.3 Å². The molecule has 174 valence electrons. The van der Waals surface area contributed by atoms with E-state index in [9.17, 15) is 14.0 Å². The van der Waals surface area contributed by atoms with Crippen molar-refractivity contribution in [3.8, 4) is 0 Å². The summed E-state index contributed by atoms with van der Waals surface area (Å²) < 4.78 is 15.0. The molecule has 0 saturated carbocycles. The van der Waals surface area contributed by atoms with E-state index in [0.717, 1.165) is 68.7 Å². The maximum atomic E-state index is 13.5. The Hall–Kier alpha value is -2.58. The zero-order chi connectivity index (χ0) is 22.9. The van der Waals surface area contributed by atoms with Crippen LogP contribution in [0.5, 0.6) is 0 Å². The van der Waals surface area contributed by atoms with E-state index in [4.69, 9.17) is 4.98 Å². The lowest BCUT2D eigenvalue weighted by molar-refractivity contribution is 0.0765. The van der Waals surface area contributed by atoms with Gasteiger partial charge in [0.25, 0.3) is 11.5 Å². The van der Waals surface area contributed by atoms with Gasteiger partial charge in [0.1, 0.15) is 16.5 Å². The third-order valence-electron chi connectivity index (χ3n) is 6.80. The molecule has 2 aromatic heterocycles. The smallest absolute Gasteiger partial charge is 0.264 e. The molecule has 6 nitrogen and oxygen atoms in total. The summed E-state index contributed by atoms with van der Waals surface area (Å²) in [6.07, 6.45) is 4.87. The number of carbonyl (C=O) groups excluding carboxylic acids is 1. The lowest BCUT2D eigenvalue weighted by atomic mass is 10.2. The van der Waals surface area contributed by atoms with Crippen LogP contribution in [0, 0.1) is 12.7 Å². The van der Waals surface area contributed by atoms with Crippen molar-refractivity contribution in [1.29, 1.82) is 0 Å². The molecule has 5 rings (SSSR count). The molecule has 1 aromatic carbocycles. The molecule has 0 aliphatic carbocycles. The first-order chi connectivity index (χ1) is 16.0. The molecule has 2 aliphatic heterocycles. The summed E-state index contributed by atoms with van der Waals surface area (Å²) in [4.78, 5) is 37.1. The van der Waals surface area contributed by atoms with Gasteiger partial charge in [0, 0.05) is 45.7 Å². The number of carbonyl (C=O) groups is 1. The minimum atomic E-state index is -0.226. The monoisotopic (exact) mass is 468 g/mol. The Morgan fingerprint density at radius 1 is 1.03 bits per heavy atom. The van der Waals surface area contributed by atoms with Crippen LogP contribution in [0.2, 0.25) is 0 Å². The van der Waals surface area contributed by atoms with Gasteiger partial charge in [0.15, 0.2) is 0 Å². The molecule has 3 aromatic rings. The first-order valence-corrected chi connectivity index (χ1v) is 12.6. The van der Waals surface area contributed by atoms with Crippen LogP contribution in [0.1, 0.15) is 52.3 Å². The Labute approximate surface area is 196 Å². The summed E-state index contributed by atoms with van der Waals surface area (Å²) in [6.45, 7) is 6.33. The second kappa shape index (κ2) is 9.35. The van der Waals surface area contributed by atoms with Gasteiger partial charge >= 0.3 is 0 Å². The topological polar surface area (TPSA) is 58.4 Å². The number of benzene rings is 1. The van der Waals surface area contributed by atoms with E-state index in [2.05, 4.69) is 4.90 Å². The average molecular weight is 469 g/mol. The van der Waals surface area contributed by atoms with Crippen molar-refractivity contribution in [2.45, 2.75) is 52.1 Å². The number of thiophene rings is 1. The third kappa shape index (κ3) is 4.46. The van der Waals surface area contributed by atoms with E-state index in [0.29, 0.717) is 34.7 Å². The highest BCUT2D eigenvalue weighted by Gasteiger charge is 2.26. The van der Waals surface area contributed by atoms with Crippen LogP contribution in [-0.4, -0.2) is 51.4 Å². The summed E-state index contributed by atoms with van der Waals surface area (Å²) in [5, 5.41) is 0.613.